The maximum atomic E-state index is 11.6. The van der Waals surface area contributed by atoms with E-state index in [0.717, 1.165) is 32.5 Å². The van der Waals surface area contributed by atoms with E-state index in [1.165, 1.54) is 0 Å². The highest BCUT2D eigenvalue weighted by molar-refractivity contribution is 5.72. The van der Waals surface area contributed by atoms with Crippen molar-refractivity contribution in [1.82, 2.24) is 10.2 Å². The Morgan fingerprint density at radius 1 is 1.50 bits per heavy atom. The maximum Gasteiger partial charge on any atom is 0.317 e. The van der Waals surface area contributed by atoms with Crippen LogP contribution in [0.1, 0.15) is 26.7 Å². The lowest BCUT2D eigenvalue weighted by atomic mass is 9.97. The molecule has 0 bridgehead atoms. The average Bonchev–Trinajstić information content (AvgIpc) is 2.39. The minimum absolute atomic E-state index is 0.00965. The van der Waals surface area contributed by atoms with Crippen LogP contribution in [0.4, 0.5) is 0 Å². The summed E-state index contributed by atoms with van der Waals surface area (Å²) in [4.78, 5) is 24.4. The number of hydrogen-bond acceptors (Lipinski definition) is 5. The normalized spacial score (nSPS) is 21.4. The van der Waals surface area contributed by atoms with Crippen LogP contribution in [-0.2, 0) is 14.3 Å². The number of nitrogens with zero attached hydrogens (tertiary/aromatic N) is 1. The molecule has 0 aromatic heterocycles. The van der Waals surface area contributed by atoms with Crippen LogP contribution in [0.25, 0.3) is 0 Å². The zero-order valence-electron chi connectivity index (χ0n) is 12.4. The minimum atomic E-state index is -0.825. The molecule has 2 unspecified atom stereocenters. The van der Waals surface area contributed by atoms with Gasteiger partial charge in [0.1, 0.15) is 0 Å². The summed E-state index contributed by atoms with van der Waals surface area (Å²) in [5.41, 5.74) is 0. The van der Waals surface area contributed by atoms with Crippen molar-refractivity contribution in [2.75, 3.05) is 39.3 Å². The molecule has 1 aliphatic heterocycles. The molecule has 1 aliphatic rings. The Labute approximate surface area is 120 Å². The minimum Gasteiger partial charge on any atom is -0.480 e. The topological polar surface area (TPSA) is 78.9 Å². The molecule has 116 valence electrons. The number of carboxylic acids is 1. The van der Waals surface area contributed by atoms with E-state index >= 15 is 0 Å². The molecule has 1 heterocycles. The van der Waals surface area contributed by atoms with Crippen molar-refractivity contribution < 1.29 is 19.4 Å². The molecule has 6 heteroatoms. The first-order chi connectivity index (χ1) is 9.52. The standard InChI is InChI=1S/C14H26N2O4/c1-3-20-14(19)11(2)9-16-6-4-5-12(10-16)7-15-8-13(17)18/h11-12,15H,3-10H2,1-2H3,(H,17,18). The zero-order chi connectivity index (χ0) is 15.0. The van der Waals surface area contributed by atoms with Crippen LogP contribution in [0.5, 0.6) is 0 Å². The molecule has 20 heavy (non-hydrogen) atoms. The van der Waals surface area contributed by atoms with Gasteiger partial charge in [0.2, 0.25) is 0 Å². The Bertz CT molecular complexity index is 322. The summed E-state index contributed by atoms with van der Waals surface area (Å²) in [6.45, 7) is 7.49. The first-order valence-electron chi connectivity index (χ1n) is 7.34. The molecule has 1 saturated heterocycles. The number of piperidine rings is 1. The fourth-order valence-electron chi connectivity index (χ4n) is 2.61. The van der Waals surface area contributed by atoms with Crippen LogP contribution >= 0.6 is 0 Å². The molecule has 1 fully saturated rings. The van der Waals surface area contributed by atoms with Gasteiger partial charge < -0.3 is 20.1 Å². The van der Waals surface area contributed by atoms with Crippen molar-refractivity contribution in [3.05, 3.63) is 0 Å². The van der Waals surface area contributed by atoms with Crippen LogP contribution in [0, 0.1) is 11.8 Å². The van der Waals surface area contributed by atoms with Gasteiger partial charge in [-0.05, 0) is 38.8 Å². The van der Waals surface area contributed by atoms with Crippen LogP contribution in [0.15, 0.2) is 0 Å². The molecular formula is C14H26N2O4. The lowest BCUT2D eigenvalue weighted by molar-refractivity contribution is -0.148. The SMILES string of the molecule is CCOC(=O)C(C)CN1CCCC(CNCC(=O)O)C1. The highest BCUT2D eigenvalue weighted by Crippen LogP contribution is 2.17. The van der Waals surface area contributed by atoms with Crippen molar-refractivity contribution >= 4 is 11.9 Å². The monoisotopic (exact) mass is 286 g/mol. The van der Waals surface area contributed by atoms with Crippen molar-refractivity contribution in [3.8, 4) is 0 Å². The molecule has 0 amide bonds. The maximum absolute atomic E-state index is 11.6. The van der Waals surface area contributed by atoms with E-state index in [-0.39, 0.29) is 18.4 Å². The van der Waals surface area contributed by atoms with Crippen LogP contribution in [0.3, 0.4) is 0 Å². The highest BCUT2D eigenvalue weighted by atomic mass is 16.5. The molecule has 2 N–H and O–H groups in total. The fourth-order valence-corrected chi connectivity index (χ4v) is 2.61. The lowest BCUT2D eigenvalue weighted by Gasteiger charge is -2.33. The predicted molar refractivity (Wildman–Crippen MR) is 75.5 cm³/mol. The van der Waals surface area contributed by atoms with Gasteiger partial charge in [-0.25, -0.2) is 0 Å². The number of likely N-dealkylation sites (tertiary alicyclic amines) is 1. The van der Waals surface area contributed by atoms with E-state index in [9.17, 15) is 9.59 Å². The van der Waals surface area contributed by atoms with Gasteiger partial charge in [0, 0.05) is 13.1 Å². The van der Waals surface area contributed by atoms with Gasteiger partial charge in [-0.1, -0.05) is 6.92 Å². The molecule has 0 aromatic rings. The Morgan fingerprint density at radius 2 is 2.25 bits per heavy atom. The number of rotatable bonds is 8. The summed E-state index contributed by atoms with van der Waals surface area (Å²) < 4.78 is 5.02. The number of carbonyl (C=O) groups excluding carboxylic acids is 1. The second kappa shape index (κ2) is 8.92. The third-order valence-electron chi connectivity index (χ3n) is 3.53. The smallest absolute Gasteiger partial charge is 0.317 e. The van der Waals surface area contributed by atoms with E-state index in [1.807, 2.05) is 13.8 Å². The summed E-state index contributed by atoms with van der Waals surface area (Å²) in [7, 11) is 0. The van der Waals surface area contributed by atoms with Gasteiger partial charge in [-0.3, -0.25) is 9.59 Å². The van der Waals surface area contributed by atoms with Crippen molar-refractivity contribution in [1.29, 1.82) is 0 Å². The highest BCUT2D eigenvalue weighted by Gasteiger charge is 2.23. The quantitative estimate of drug-likeness (QED) is 0.635. The molecule has 0 saturated carbocycles. The number of ether oxygens (including phenoxy) is 1. The Kier molecular flexibility index (Phi) is 7.54. The number of esters is 1. The van der Waals surface area contributed by atoms with Crippen LogP contribution in [0.2, 0.25) is 0 Å². The molecular weight excluding hydrogens is 260 g/mol. The summed E-state index contributed by atoms with van der Waals surface area (Å²) in [6.07, 6.45) is 2.20. The largest absolute Gasteiger partial charge is 0.480 e. The predicted octanol–water partition coefficient (Wildman–Crippen LogP) is 0.572. The van der Waals surface area contributed by atoms with Crippen LogP contribution < -0.4 is 5.32 Å². The molecule has 0 aromatic carbocycles. The Balaban J connectivity index is 2.29. The number of carboxylic acid groups (broad SMARTS) is 1. The summed E-state index contributed by atoms with van der Waals surface area (Å²) in [5, 5.41) is 11.6. The van der Waals surface area contributed by atoms with Crippen LogP contribution in [-0.4, -0.2) is 61.3 Å². The first kappa shape index (κ1) is 16.9. The number of carbonyl (C=O) groups is 2. The number of hydrogen-bond donors (Lipinski definition) is 2. The molecule has 1 rings (SSSR count). The first-order valence-corrected chi connectivity index (χ1v) is 7.34. The van der Waals surface area contributed by atoms with Gasteiger partial charge in [0.15, 0.2) is 0 Å². The summed E-state index contributed by atoms with van der Waals surface area (Å²) in [5.74, 6) is -0.620. The number of aliphatic carboxylic acids is 1. The fraction of sp³-hybridized carbons (Fsp3) is 0.857. The van der Waals surface area contributed by atoms with E-state index in [4.69, 9.17) is 9.84 Å². The molecule has 0 radical (unpaired) electrons. The average molecular weight is 286 g/mol. The second-order valence-electron chi connectivity index (χ2n) is 5.45. The van der Waals surface area contributed by atoms with E-state index in [1.54, 1.807) is 0 Å². The molecule has 6 nitrogen and oxygen atoms in total. The van der Waals surface area contributed by atoms with Gasteiger partial charge >= 0.3 is 11.9 Å². The molecule has 2 atom stereocenters. The second-order valence-corrected chi connectivity index (χ2v) is 5.45. The van der Waals surface area contributed by atoms with Gasteiger partial charge in [-0.15, -0.1) is 0 Å². The van der Waals surface area contributed by atoms with Gasteiger partial charge in [-0.2, -0.15) is 0 Å². The zero-order valence-corrected chi connectivity index (χ0v) is 12.4. The Hall–Kier alpha value is -1.14. The van der Waals surface area contributed by atoms with Gasteiger partial charge in [0.05, 0.1) is 19.1 Å². The summed E-state index contributed by atoms with van der Waals surface area (Å²) in [6, 6.07) is 0. The van der Waals surface area contributed by atoms with Crippen molar-refractivity contribution in [3.63, 3.8) is 0 Å². The Morgan fingerprint density at radius 3 is 2.90 bits per heavy atom. The van der Waals surface area contributed by atoms with Crippen molar-refractivity contribution in [2.45, 2.75) is 26.7 Å². The van der Waals surface area contributed by atoms with E-state index < -0.39 is 5.97 Å². The third-order valence-corrected chi connectivity index (χ3v) is 3.53. The van der Waals surface area contributed by atoms with E-state index in [0.29, 0.717) is 19.1 Å². The van der Waals surface area contributed by atoms with Gasteiger partial charge in [0.25, 0.3) is 0 Å². The third kappa shape index (κ3) is 6.34. The number of nitrogens with one attached hydrogen (secondary N) is 1. The lowest BCUT2D eigenvalue weighted by Crippen LogP contribution is -2.43. The molecule has 0 aliphatic carbocycles. The molecule has 0 spiro atoms. The van der Waals surface area contributed by atoms with Crippen molar-refractivity contribution in [2.24, 2.45) is 11.8 Å². The van der Waals surface area contributed by atoms with E-state index in [2.05, 4.69) is 10.2 Å². The summed E-state index contributed by atoms with van der Waals surface area (Å²) >= 11 is 0.